The molecule has 0 radical (unpaired) electrons. The first-order valence-corrected chi connectivity index (χ1v) is 8.00. The molecule has 0 aromatic heterocycles. The minimum atomic E-state index is -0.158. The van der Waals surface area contributed by atoms with Crippen molar-refractivity contribution in [3.05, 3.63) is 35.4 Å². The first-order chi connectivity index (χ1) is 10.8. The van der Waals surface area contributed by atoms with Crippen LogP contribution in [0.4, 0.5) is 0 Å². The minimum absolute atomic E-state index is 0.149. The van der Waals surface area contributed by atoms with Gasteiger partial charge < -0.3 is 10.1 Å². The van der Waals surface area contributed by atoms with E-state index in [1.54, 1.807) is 24.3 Å². The molecular formula is C18H25N3O2. The number of morpholine rings is 1. The number of carbonyl (C=O) groups excluding carboxylic acids is 1. The van der Waals surface area contributed by atoms with E-state index in [4.69, 9.17) is 10.00 Å². The molecule has 1 aliphatic rings. The topological polar surface area (TPSA) is 65.4 Å². The van der Waals surface area contributed by atoms with Crippen LogP contribution in [0.1, 0.15) is 43.6 Å². The Kier molecular flexibility index (Phi) is 5.40. The summed E-state index contributed by atoms with van der Waals surface area (Å²) in [6.45, 7) is 10.7. The fourth-order valence-corrected chi connectivity index (χ4v) is 2.91. The van der Waals surface area contributed by atoms with Gasteiger partial charge in [0.15, 0.2) is 0 Å². The van der Waals surface area contributed by atoms with E-state index in [1.165, 1.54) is 0 Å². The van der Waals surface area contributed by atoms with E-state index < -0.39 is 0 Å². The quantitative estimate of drug-likeness (QED) is 0.925. The Bertz CT molecular complexity index is 597. The number of hydrogen-bond acceptors (Lipinski definition) is 4. The van der Waals surface area contributed by atoms with Gasteiger partial charge in [0, 0.05) is 30.7 Å². The molecule has 124 valence electrons. The van der Waals surface area contributed by atoms with Gasteiger partial charge in [0.1, 0.15) is 0 Å². The van der Waals surface area contributed by atoms with Crippen LogP contribution >= 0.6 is 0 Å². The molecule has 0 aliphatic carbocycles. The lowest BCUT2D eigenvalue weighted by molar-refractivity contribution is -0.0948. The summed E-state index contributed by atoms with van der Waals surface area (Å²) in [5.74, 6) is -0.149. The molecule has 0 bridgehead atoms. The summed E-state index contributed by atoms with van der Waals surface area (Å²) in [5.41, 5.74) is 0.853. The molecule has 2 atom stereocenters. The predicted molar refractivity (Wildman–Crippen MR) is 89.2 cm³/mol. The van der Waals surface area contributed by atoms with Gasteiger partial charge in [-0.3, -0.25) is 9.69 Å². The fraction of sp³-hybridized carbons (Fsp3) is 0.556. The lowest BCUT2D eigenvalue weighted by atomic mass is 9.99. The van der Waals surface area contributed by atoms with Crippen LogP contribution in [0.2, 0.25) is 0 Å². The number of carbonyl (C=O) groups is 1. The van der Waals surface area contributed by atoms with Crippen molar-refractivity contribution in [2.45, 2.75) is 45.4 Å². The Labute approximate surface area is 138 Å². The molecule has 0 saturated carbocycles. The Balaban J connectivity index is 1.98. The minimum Gasteiger partial charge on any atom is -0.373 e. The van der Waals surface area contributed by atoms with Gasteiger partial charge in [0.2, 0.25) is 0 Å². The highest BCUT2D eigenvalue weighted by Crippen LogP contribution is 2.20. The zero-order chi connectivity index (χ0) is 17.0. The van der Waals surface area contributed by atoms with E-state index in [0.29, 0.717) is 17.7 Å². The van der Waals surface area contributed by atoms with Crippen LogP contribution in [0.5, 0.6) is 0 Å². The first-order valence-electron chi connectivity index (χ1n) is 8.00. The maximum absolute atomic E-state index is 12.3. The van der Waals surface area contributed by atoms with Crippen molar-refractivity contribution in [1.29, 1.82) is 5.26 Å². The van der Waals surface area contributed by atoms with Crippen LogP contribution in [-0.2, 0) is 4.74 Å². The third kappa shape index (κ3) is 4.54. The average molecular weight is 315 g/mol. The molecule has 1 amide bonds. The van der Waals surface area contributed by atoms with E-state index in [2.05, 4.69) is 44.0 Å². The molecule has 1 aromatic carbocycles. The number of nitrogens with one attached hydrogen (secondary N) is 1. The van der Waals surface area contributed by atoms with Crippen LogP contribution in [0, 0.1) is 11.3 Å². The molecule has 1 heterocycles. The number of benzene rings is 1. The number of amides is 1. The summed E-state index contributed by atoms with van der Waals surface area (Å²) in [4.78, 5) is 14.7. The zero-order valence-electron chi connectivity index (χ0n) is 14.3. The molecule has 1 aromatic rings. The number of ether oxygens (including phenoxy) is 1. The monoisotopic (exact) mass is 315 g/mol. The van der Waals surface area contributed by atoms with Gasteiger partial charge in [-0.2, -0.15) is 5.26 Å². The molecule has 0 unspecified atom stereocenters. The van der Waals surface area contributed by atoms with Crippen LogP contribution in [0.25, 0.3) is 0 Å². The predicted octanol–water partition coefficient (Wildman–Crippen LogP) is 2.18. The van der Waals surface area contributed by atoms with Gasteiger partial charge in [0.25, 0.3) is 5.91 Å². The molecule has 2 rings (SSSR count). The van der Waals surface area contributed by atoms with Gasteiger partial charge in [-0.25, -0.2) is 0 Å². The van der Waals surface area contributed by atoms with Crippen LogP contribution < -0.4 is 5.32 Å². The first kappa shape index (κ1) is 17.5. The lowest BCUT2D eigenvalue weighted by Crippen LogP contribution is -2.58. The molecule has 1 saturated heterocycles. The Morgan fingerprint density at radius 2 is 2.04 bits per heavy atom. The molecule has 5 heteroatoms. The number of nitriles is 1. The highest BCUT2D eigenvalue weighted by molar-refractivity contribution is 5.94. The standard InChI is InChI=1S/C18H25N3O2/c1-13-10-21(11-14(2)23-13)18(3,4)12-20-17(22)16-7-5-6-15(8-16)9-19/h5-8,13-14H,10-12H2,1-4H3,(H,20,22)/t13-,14-/m1/s1. The smallest absolute Gasteiger partial charge is 0.251 e. The average Bonchev–Trinajstić information content (AvgIpc) is 2.52. The molecule has 5 nitrogen and oxygen atoms in total. The van der Waals surface area contributed by atoms with Crippen molar-refractivity contribution in [3.63, 3.8) is 0 Å². The SMILES string of the molecule is C[C@@H]1CN(C(C)(C)CNC(=O)c2cccc(C#N)c2)C[C@@H](C)O1. The third-order valence-corrected chi connectivity index (χ3v) is 4.21. The molecule has 1 aliphatic heterocycles. The summed E-state index contributed by atoms with van der Waals surface area (Å²) < 4.78 is 5.77. The second kappa shape index (κ2) is 7.12. The number of hydrogen-bond donors (Lipinski definition) is 1. The second-order valence-electron chi connectivity index (χ2n) is 6.85. The highest BCUT2D eigenvalue weighted by atomic mass is 16.5. The maximum atomic E-state index is 12.3. The van der Waals surface area contributed by atoms with Crippen LogP contribution in [0.3, 0.4) is 0 Å². The van der Waals surface area contributed by atoms with Crippen molar-refractivity contribution in [1.82, 2.24) is 10.2 Å². The third-order valence-electron chi connectivity index (χ3n) is 4.21. The van der Waals surface area contributed by atoms with Crippen LogP contribution in [-0.4, -0.2) is 48.2 Å². The summed E-state index contributed by atoms with van der Waals surface area (Å²) >= 11 is 0. The van der Waals surface area contributed by atoms with E-state index in [-0.39, 0.29) is 23.7 Å². The lowest BCUT2D eigenvalue weighted by Gasteiger charge is -2.45. The van der Waals surface area contributed by atoms with E-state index in [9.17, 15) is 4.79 Å². The van der Waals surface area contributed by atoms with Gasteiger partial charge in [-0.15, -0.1) is 0 Å². The van der Waals surface area contributed by atoms with Crippen molar-refractivity contribution >= 4 is 5.91 Å². The van der Waals surface area contributed by atoms with Gasteiger partial charge in [-0.05, 0) is 45.9 Å². The van der Waals surface area contributed by atoms with Crippen molar-refractivity contribution < 1.29 is 9.53 Å². The summed E-state index contributed by atoms with van der Waals surface area (Å²) in [6.07, 6.45) is 0.391. The largest absolute Gasteiger partial charge is 0.373 e. The maximum Gasteiger partial charge on any atom is 0.251 e. The molecular weight excluding hydrogens is 290 g/mol. The van der Waals surface area contributed by atoms with Crippen molar-refractivity contribution in [2.24, 2.45) is 0 Å². The van der Waals surface area contributed by atoms with Gasteiger partial charge >= 0.3 is 0 Å². The molecule has 1 N–H and O–H groups in total. The number of rotatable bonds is 4. The molecule has 23 heavy (non-hydrogen) atoms. The van der Waals surface area contributed by atoms with E-state index in [0.717, 1.165) is 13.1 Å². The Morgan fingerprint density at radius 3 is 2.65 bits per heavy atom. The van der Waals surface area contributed by atoms with Gasteiger partial charge in [-0.1, -0.05) is 6.07 Å². The van der Waals surface area contributed by atoms with Gasteiger partial charge in [0.05, 0.1) is 23.8 Å². The molecule has 1 fully saturated rings. The second-order valence-corrected chi connectivity index (χ2v) is 6.85. The van der Waals surface area contributed by atoms with E-state index in [1.807, 2.05) is 0 Å². The van der Waals surface area contributed by atoms with Crippen molar-refractivity contribution in [3.8, 4) is 6.07 Å². The summed E-state index contributed by atoms with van der Waals surface area (Å²) in [7, 11) is 0. The normalized spacial score (nSPS) is 22.4. The zero-order valence-corrected chi connectivity index (χ0v) is 14.3. The summed E-state index contributed by atoms with van der Waals surface area (Å²) in [5, 5.41) is 11.9. The van der Waals surface area contributed by atoms with Crippen LogP contribution in [0.15, 0.2) is 24.3 Å². The fourth-order valence-electron chi connectivity index (χ4n) is 2.91. The Morgan fingerprint density at radius 1 is 1.39 bits per heavy atom. The Hall–Kier alpha value is -1.90. The summed E-state index contributed by atoms with van der Waals surface area (Å²) in [6, 6.07) is 8.81. The highest BCUT2D eigenvalue weighted by Gasteiger charge is 2.33. The van der Waals surface area contributed by atoms with Crippen molar-refractivity contribution in [2.75, 3.05) is 19.6 Å². The van der Waals surface area contributed by atoms with E-state index >= 15 is 0 Å². The molecule has 0 spiro atoms. The number of nitrogens with zero attached hydrogens (tertiary/aromatic N) is 2.